The second-order valence-corrected chi connectivity index (χ2v) is 8.04. The smallest absolute Gasteiger partial charge is 0.253 e. The van der Waals surface area contributed by atoms with Gasteiger partial charge in [-0.15, -0.1) is 11.3 Å². The molecule has 25 heavy (non-hydrogen) atoms. The fourth-order valence-corrected chi connectivity index (χ4v) is 4.31. The van der Waals surface area contributed by atoms with Crippen LogP contribution in [-0.2, 0) is 0 Å². The van der Waals surface area contributed by atoms with E-state index in [1.54, 1.807) is 17.5 Å². The third-order valence-electron chi connectivity index (χ3n) is 4.75. The molecule has 0 saturated carbocycles. The van der Waals surface area contributed by atoms with Gasteiger partial charge in [0, 0.05) is 47.8 Å². The summed E-state index contributed by atoms with van der Waals surface area (Å²) in [6.45, 7) is 2.26. The van der Waals surface area contributed by atoms with Gasteiger partial charge in [0.25, 0.3) is 5.91 Å². The van der Waals surface area contributed by atoms with Crippen molar-refractivity contribution in [2.24, 2.45) is 5.41 Å². The first-order valence-corrected chi connectivity index (χ1v) is 9.46. The molecule has 1 aliphatic heterocycles. The fourth-order valence-electron chi connectivity index (χ4n) is 3.66. The van der Waals surface area contributed by atoms with Crippen LogP contribution in [0.5, 0.6) is 0 Å². The van der Waals surface area contributed by atoms with Crippen molar-refractivity contribution in [3.05, 3.63) is 41.4 Å². The number of piperidine rings is 1. The number of carbonyl (C=O) groups is 1. The largest absolute Gasteiger partial charge is 0.396 e. The second kappa shape index (κ2) is 7.64. The summed E-state index contributed by atoms with van der Waals surface area (Å²) in [5.41, 5.74) is 1.50. The van der Waals surface area contributed by atoms with Gasteiger partial charge >= 0.3 is 0 Å². The van der Waals surface area contributed by atoms with Gasteiger partial charge in [0.1, 0.15) is 5.01 Å². The molecule has 0 spiro atoms. The van der Waals surface area contributed by atoms with Crippen LogP contribution in [0, 0.1) is 5.41 Å². The lowest BCUT2D eigenvalue weighted by atomic mass is 9.80. The molecule has 3 rings (SSSR count). The summed E-state index contributed by atoms with van der Waals surface area (Å²) in [5, 5.41) is 12.8. The summed E-state index contributed by atoms with van der Waals surface area (Å²) in [4.78, 5) is 21.2. The Kier molecular flexibility index (Phi) is 5.51. The number of aliphatic hydroxyl groups is 1. The molecule has 0 aliphatic carbocycles. The van der Waals surface area contributed by atoms with Gasteiger partial charge in [-0.05, 0) is 39.1 Å². The molecule has 1 aromatic carbocycles. The number of rotatable bonds is 5. The average Bonchev–Trinajstić information content (AvgIpc) is 3.15. The lowest BCUT2D eigenvalue weighted by Crippen LogP contribution is -2.51. The normalized spacial score (nSPS) is 20.9. The van der Waals surface area contributed by atoms with Crippen LogP contribution in [0.1, 0.15) is 23.2 Å². The number of hydrogen-bond acceptors (Lipinski definition) is 5. The maximum absolute atomic E-state index is 12.9. The Hall–Kier alpha value is -1.76. The molecule has 1 aromatic heterocycles. The summed E-state index contributed by atoms with van der Waals surface area (Å²) < 4.78 is 0. The van der Waals surface area contributed by atoms with Crippen LogP contribution in [0.2, 0.25) is 0 Å². The summed E-state index contributed by atoms with van der Waals surface area (Å²) in [7, 11) is 4.02. The lowest BCUT2D eigenvalue weighted by Gasteiger charge is -2.43. The van der Waals surface area contributed by atoms with E-state index in [0.29, 0.717) is 12.1 Å². The van der Waals surface area contributed by atoms with E-state index in [1.165, 1.54) is 0 Å². The molecule has 134 valence electrons. The molecule has 1 saturated heterocycles. The first kappa shape index (κ1) is 18.0. The van der Waals surface area contributed by atoms with Gasteiger partial charge in [-0.3, -0.25) is 4.79 Å². The highest BCUT2D eigenvalue weighted by Crippen LogP contribution is 2.31. The van der Waals surface area contributed by atoms with Crippen LogP contribution < -0.4 is 0 Å². The average molecular weight is 359 g/mol. The number of amides is 1. The number of benzene rings is 1. The Morgan fingerprint density at radius 1 is 1.36 bits per heavy atom. The molecule has 6 heteroatoms. The van der Waals surface area contributed by atoms with Crippen molar-refractivity contribution < 1.29 is 9.90 Å². The van der Waals surface area contributed by atoms with E-state index in [2.05, 4.69) is 9.88 Å². The zero-order valence-electron chi connectivity index (χ0n) is 14.8. The Bertz CT molecular complexity index is 700. The molecule has 0 unspecified atom stereocenters. The summed E-state index contributed by atoms with van der Waals surface area (Å²) >= 11 is 1.59. The van der Waals surface area contributed by atoms with E-state index in [9.17, 15) is 9.90 Å². The zero-order chi connectivity index (χ0) is 17.9. The molecule has 0 radical (unpaired) electrons. The van der Waals surface area contributed by atoms with Crippen LogP contribution in [0.15, 0.2) is 35.8 Å². The Balaban J connectivity index is 1.73. The van der Waals surface area contributed by atoms with E-state index < -0.39 is 0 Å². The van der Waals surface area contributed by atoms with E-state index in [1.807, 2.05) is 48.6 Å². The topological polar surface area (TPSA) is 56.7 Å². The lowest BCUT2D eigenvalue weighted by molar-refractivity contribution is 0.0138. The predicted molar refractivity (Wildman–Crippen MR) is 101 cm³/mol. The minimum absolute atomic E-state index is 0.0435. The fraction of sp³-hybridized carbons (Fsp3) is 0.474. The molecule has 5 nitrogen and oxygen atoms in total. The van der Waals surface area contributed by atoms with Crippen molar-refractivity contribution in [2.45, 2.75) is 12.8 Å². The number of likely N-dealkylation sites (tertiary alicyclic amines) is 1. The first-order valence-electron chi connectivity index (χ1n) is 8.58. The molecule has 1 N–H and O–H groups in total. The van der Waals surface area contributed by atoms with E-state index >= 15 is 0 Å². The van der Waals surface area contributed by atoms with Crippen LogP contribution in [0.3, 0.4) is 0 Å². The molecule has 2 heterocycles. The Labute approximate surface area is 152 Å². The quantitative estimate of drug-likeness (QED) is 0.891. The van der Waals surface area contributed by atoms with Crippen molar-refractivity contribution in [3.8, 4) is 10.6 Å². The highest BCUT2D eigenvalue weighted by molar-refractivity contribution is 7.13. The third kappa shape index (κ3) is 4.08. The van der Waals surface area contributed by atoms with E-state index in [-0.39, 0.29) is 17.9 Å². The molecule has 2 aromatic rings. The molecular formula is C19H25N3O2S. The van der Waals surface area contributed by atoms with Gasteiger partial charge in [-0.25, -0.2) is 4.98 Å². The number of nitrogens with zero attached hydrogens (tertiary/aromatic N) is 3. The number of aromatic nitrogens is 1. The molecule has 1 atom stereocenters. The van der Waals surface area contributed by atoms with Gasteiger partial charge < -0.3 is 14.9 Å². The van der Waals surface area contributed by atoms with Gasteiger partial charge in [0.15, 0.2) is 0 Å². The molecule has 1 amide bonds. The monoisotopic (exact) mass is 359 g/mol. The summed E-state index contributed by atoms with van der Waals surface area (Å²) in [6, 6.07) is 7.66. The van der Waals surface area contributed by atoms with E-state index in [4.69, 9.17) is 0 Å². The van der Waals surface area contributed by atoms with Crippen LogP contribution >= 0.6 is 11.3 Å². The van der Waals surface area contributed by atoms with Crippen LogP contribution in [0.4, 0.5) is 0 Å². The van der Waals surface area contributed by atoms with Gasteiger partial charge in [0.2, 0.25) is 0 Å². The number of hydrogen-bond donors (Lipinski definition) is 1. The standard InChI is InChI=1S/C19H25N3O2S/c1-21(2)12-19(14-23)8-3-10-22(13-19)18(24)16-6-4-15(5-7-16)17-20-9-11-25-17/h4-7,9,11,23H,3,8,10,12-14H2,1-2H3/t19-/m1/s1. The summed E-state index contributed by atoms with van der Waals surface area (Å²) in [6.07, 6.45) is 3.66. The number of carbonyl (C=O) groups excluding carboxylic acids is 1. The Morgan fingerprint density at radius 2 is 2.12 bits per heavy atom. The van der Waals surface area contributed by atoms with Gasteiger partial charge in [-0.2, -0.15) is 0 Å². The highest BCUT2D eigenvalue weighted by Gasteiger charge is 2.37. The minimum Gasteiger partial charge on any atom is -0.396 e. The van der Waals surface area contributed by atoms with Crippen molar-refractivity contribution in [2.75, 3.05) is 40.3 Å². The maximum atomic E-state index is 12.9. The molecule has 1 fully saturated rings. The molecular weight excluding hydrogens is 334 g/mol. The Morgan fingerprint density at radius 3 is 2.72 bits per heavy atom. The van der Waals surface area contributed by atoms with Crippen molar-refractivity contribution in [1.82, 2.24) is 14.8 Å². The number of thiazole rings is 1. The SMILES string of the molecule is CN(C)C[C@]1(CO)CCCN(C(=O)c2ccc(-c3nccs3)cc2)C1. The summed E-state index contributed by atoms with van der Waals surface area (Å²) in [5.74, 6) is 0.0435. The first-order chi connectivity index (χ1) is 12.0. The molecule has 1 aliphatic rings. The van der Waals surface area contributed by atoms with Gasteiger partial charge in [0.05, 0.1) is 6.61 Å². The zero-order valence-corrected chi connectivity index (χ0v) is 15.6. The van der Waals surface area contributed by atoms with Crippen LogP contribution in [-0.4, -0.2) is 66.1 Å². The van der Waals surface area contributed by atoms with Crippen molar-refractivity contribution in [1.29, 1.82) is 0 Å². The number of aliphatic hydroxyl groups excluding tert-OH is 1. The second-order valence-electron chi connectivity index (χ2n) is 7.14. The highest BCUT2D eigenvalue weighted by atomic mass is 32.1. The third-order valence-corrected chi connectivity index (χ3v) is 5.57. The molecule has 0 bridgehead atoms. The predicted octanol–water partition coefficient (Wildman–Crippen LogP) is 2.59. The van der Waals surface area contributed by atoms with Crippen molar-refractivity contribution >= 4 is 17.2 Å². The van der Waals surface area contributed by atoms with Gasteiger partial charge in [-0.1, -0.05) is 12.1 Å². The minimum atomic E-state index is -0.224. The van der Waals surface area contributed by atoms with E-state index in [0.717, 1.165) is 36.5 Å². The van der Waals surface area contributed by atoms with Crippen LogP contribution in [0.25, 0.3) is 10.6 Å². The maximum Gasteiger partial charge on any atom is 0.253 e. The van der Waals surface area contributed by atoms with Crippen molar-refractivity contribution in [3.63, 3.8) is 0 Å².